The number of nitrogens with zero attached hydrogens (tertiary/aromatic N) is 2. The Morgan fingerprint density at radius 3 is 2.74 bits per heavy atom. The van der Waals surface area contributed by atoms with Crippen LogP contribution in [-0.4, -0.2) is 49.4 Å². The predicted octanol–water partition coefficient (Wildman–Crippen LogP) is 1.77. The molecule has 1 aromatic rings. The lowest BCUT2D eigenvalue weighted by atomic mass is 10.1. The van der Waals surface area contributed by atoms with Gasteiger partial charge >= 0.3 is 0 Å². The van der Waals surface area contributed by atoms with Crippen LogP contribution in [0.4, 0.5) is 5.13 Å². The first-order valence-electron chi connectivity index (χ1n) is 6.31. The SMILES string of the molecule is COCCOC1CCN(Cc2cnc(N)s2)CC1.Cl. The molecule has 1 saturated heterocycles. The summed E-state index contributed by atoms with van der Waals surface area (Å²) < 4.78 is 10.7. The van der Waals surface area contributed by atoms with Gasteiger partial charge in [-0.2, -0.15) is 0 Å². The zero-order valence-electron chi connectivity index (χ0n) is 11.2. The smallest absolute Gasteiger partial charge is 0.180 e. The molecule has 2 heterocycles. The third-order valence-corrected chi connectivity index (χ3v) is 3.94. The van der Waals surface area contributed by atoms with E-state index in [1.165, 1.54) is 4.88 Å². The summed E-state index contributed by atoms with van der Waals surface area (Å²) in [4.78, 5) is 7.75. The largest absolute Gasteiger partial charge is 0.382 e. The maximum Gasteiger partial charge on any atom is 0.180 e. The lowest BCUT2D eigenvalue weighted by Crippen LogP contribution is -2.36. The fraction of sp³-hybridized carbons (Fsp3) is 0.750. The second kappa shape index (κ2) is 8.71. The molecule has 0 aromatic carbocycles. The fourth-order valence-corrected chi connectivity index (χ4v) is 2.87. The molecule has 2 N–H and O–H groups in total. The first-order valence-corrected chi connectivity index (χ1v) is 7.12. The molecule has 1 fully saturated rings. The minimum atomic E-state index is 0. The minimum Gasteiger partial charge on any atom is -0.382 e. The van der Waals surface area contributed by atoms with E-state index in [4.69, 9.17) is 15.2 Å². The Morgan fingerprint density at radius 1 is 1.42 bits per heavy atom. The zero-order chi connectivity index (χ0) is 12.8. The summed E-state index contributed by atoms with van der Waals surface area (Å²) in [7, 11) is 1.70. The Labute approximate surface area is 124 Å². The minimum absolute atomic E-state index is 0. The van der Waals surface area contributed by atoms with Gasteiger partial charge in [0.2, 0.25) is 0 Å². The van der Waals surface area contributed by atoms with Crippen LogP contribution in [-0.2, 0) is 16.0 Å². The van der Waals surface area contributed by atoms with Crippen molar-refractivity contribution in [2.45, 2.75) is 25.5 Å². The third kappa shape index (κ3) is 5.62. The van der Waals surface area contributed by atoms with Gasteiger partial charge in [0.25, 0.3) is 0 Å². The van der Waals surface area contributed by atoms with Gasteiger partial charge in [-0.15, -0.1) is 23.7 Å². The van der Waals surface area contributed by atoms with E-state index in [9.17, 15) is 0 Å². The predicted molar refractivity (Wildman–Crippen MR) is 79.9 cm³/mol. The Balaban J connectivity index is 0.00000180. The van der Waals surface area contributed by atoms with Gasteiger partial charge in [-0.1, -0.05) is 0 Å². The monoisotopic (exact) mass is 307 g/mol. The molecule has 1 aliphatic heterocycles. The quantitative estimate of drug-likeness (QED) is 0.812. The fourth-order valence-electron chi connectivity index (χ4n) is 2.15. The summed E-state index contributed by atoms with van der Waals surface area (Å²) in [6.45, 7) is 4.50. The molecule has 0 aliphatic carbocycles. The average Bonchev–Trinajstić information content (AvgIpc) is 2.77. The molecule has 19 heavy (non-hydrogen) atoms. The van der Waals surface area contributed by atoms with Gasteiger partial charge in [-0.05, 0) is 12.8 Å². The van der Waals surface area contributed by atoms with Crippen LogP contribution in [0, 0.1) is 0 Å². The van der Waals surface area contributed by atoms with Crippen molar-refractivity contribution < 1.29 is 9.47 Å². The first kappa shape index (κ1) is 16.7. The lowest BCUT2D eigenvalue weighted by Gasteiger charge is -2.31. The van der Waals surface area contributed by atoms with Crippen LogP contribution in [0.1, 0.15) is 17.7 Å². The number of hydrogen-bond acceptors (Lipinski definition) is 6. The molecule has 2 rings (SSSR count). The van der Waals surface area contributed by atoms with Crippen molar-refractivity contribution in [1.82, 2.24) is 9.88 Å². The standard InChI is InChI=1S/C12H21N3O2S.ClH/c1-16-6-7-17-10-2-4-15(5-3-10)9-11-8-14-12(13)18-11;/h8,10H,2-7,9H2,1H3,(H2,13,14);1H. The average molecular weight is 308 g/mol. The second-order valence-electron chi connectivity index (χ2n) is 4.50. The third-order valence-electron chi connectivity index (χ3n) is 3.13. The van der Waals surface area contributed by atoms with Gasteiger partial charge in [-0.25, -0.2) is 4.98 Å². The Morgan fingerprint density at radius 2 is 2.16 bits per heavy atom. The van der Waals surface area contributed by atoms with Crippen molar-refractivity contribution in [2.24, 2.45) is 0 Å². The van der Waals surface area contributed by atoms with Crippen LogP contribution in [0.5, 0.6) is 0 Å². The Kier molecular flexibility index (Phi) is 7.63. The summed E-state index contributed by atoms with van der Waals surface area (Å²) in [6, 6.07) is 0. The van der Waals surface area contributed by atoms with Crippen LogP contribution in [0.3, 0.4) is 0 Å². The van der Waals surface area contributed by atoms with E-state index >= 15 is 0 Å². The molecule has 110 valence electrons. The molecule has 0 saturated carbocycles. The molecule has 0 radical (unpaired) electrons. The summed E-state index contributed by atoms with van der Waals surface area (Å²) >= 11 is 1.58. The number of thiazole rings is 1. The van der Waals surface area contributed by atoms with Gasteiger partial charge in [0.15, 0.2) is 5.13 Å². The van der Waals surface area contributed by atoms with Crippen LogP contribution in [0.15, 0.2) is 6.20 Å². The summed E-state index contributed by atoms with van der Waals surface area (Å²) in [6.07, 6.45) is 4.46. The number of halogens is 1. The van der Waals surface area contributed by atoms with Crippen LogP contribution in [0.2, 0.25) is 0 Å². The highest BCUT2D eigenvalue weighted by molar-refractivity contribution is 7.15. The van der Waals surface area contributed by atoms with Crippen LogP contribution in [0.25, 0.3) is 0 Å². The van der Waals surface area contributed by atoms with Gasteiger partial charge in [0, 0.05) is 37.8 Å². The Bertz CT molecular complexity index is 356. The normalized spacial score (nSPS) is 17.3. The van der Waals surface area contributed by atoms with Gasteiger partial charge in [-0.3, -0.25) is 4.90 Å². The Hall–Kier alpha value is -0.400. The summed E-state index contributed by atoms with van der Waals surface area (Å²) in [5, 5.41) is 0.655. The molecule has 0 atom stereocenters. The maximum absolute atomic E-state index is 5.74. The number of piperidine rings is 1. The topological polar surface area (TPSA) is 60.6 Å². The van der Waals surface area contributed by atoms with Gasteiger partial charge in [0.05, 0.1) is 19.3 Å². The summed E-state index contributed by atoms with van der Waals surface area (Å²) in [5.41, 5.74) is 5.63. The highest BCUT2D eigenvalue weighted by atomic mass is 35.5. The summed E-state index contributed by atoms with van der Waals surface area (Å²) in [5.74, 6) is 0. The maximum atomic E-state index is 5.74. The lowest BCUT2D eigenvalue weighted by molar-refractivity contribution is -0.0156. The number of ether oxygens (including phenoxy) is 2. The molecule has 0 amide bonds. The van der Waals surface area contributed by atoms with Crippen molar-refractivity contribution >= 4 is 28.9 Å². The number of likely N-dealkylation sites (tertiary alicyclic amines) is 1. The van der Waals surface area contributed by atoms with E-state index in [0.29, 0.717) is 24.4 Å². The highest BCUT2D eigenvalue weighted by Gasteiger charge is 2.20. The van der Waals surface area contributed by atoms with E-state index in [1.54, 1.807) is 18.4 Å². The van der Waals surface area contributed by atoms with Crippen LogP contribution < -0.4 is 5.73 Å². The molecular formula is C12H22ClN3O2S. The van der Waals surface area contributed by atoms with Gasteiger partial charge < -0.3 is 15.2 Å². The second-order valence-corrected chi connectivity index (χ2v) is 5.65. The number of nitrogens with two attached hydrogens (primary N) is 1. The number of methoxy groups -OCH3 is 1. The molecule has 1 aliphatic rings. The molecule has 0 spiro atoms. The van der Waals surface area contributed by atoms with Gasteiger partial charge in [0.1, 0.15) is 0 Å². The number of rotatable bonds is 6. The molecule has 0 bridgehead atoms. The van der Waals surface area contributed by atoms with Crippen molar-refractivity contribution in [1.29, 1.82) is 0 Å². The highest BCUT2D eigenvalue weighted by Crippen LogP contribution is 2.20. The van der Waals surface area contributed by atoms with Crippen LogP contribution >= 0.6 is 23.7 Å². The number of nitrogen functional groups attached to an aromatic ring is 1. The first-order chi connectivity index (χ1) is 8.78. The van der Waals surface area contributed by atoms with Crippen molar-refractivity contribution in [3.8, 4) is 0 Å². The van der Waals surface area contributed by atoms with E-state index in [0.717, 1.165) is 32.5 Å². The number of anilines is 1. The zero-order valence-corrected chi connectivity index (χ0v) is 12.8. The molecular weight excluding hydrogens is 286 g/mol. The van der Waals surface area contributed by atoms with Crippen molar-refractivity contribution in [3.63, 3.8) is 0 Å². The van der Waals surface area contributed by atoms with Crippen molar-refractivity contribution in [2.75, 3.05) is 39.1 Å². The molecule has 0 unspecified atom stereocenters. The molecule has 5 nitrogen and oxygen atoms in total. The van der Waals surface area contributed by atoms with Crippen molar-refractivity contribution in [3.05, 3.63) is 11.1 Å². The van der Waals surface area contributed by atoms with E-state index in [2.05, 4.69) is 9.88 Å². The van der Waals surface area contributed by atoms with E-state index < -0.39 is 0 Å². The van der Waals surface area contributed by atoms with E-state index in [-0.39, 0.29) is 12.4 Å². The molecule has 1 aromatic heterocycles. The number of hydrogen-bond donors (Lipinski definition) is 1. The molecule has 7 heteroatoms. The number of aromatic nitrogens is 1. The van der Waals surface area contributed by atoms with E-state index in [1.807, 2.05) is 6.20 Å².